The lowest BCUT2D eigenvalue weighted by Gasteiger charge is -2.12. The third-order valence-electron chi connectivity index (χ3n) is 3.34. The molecule has 0 bridgehead atoms. The van der Waals surface area contributed by atoms with E-state index in [1.807, 2.05) is 6.07 Å². The summed E-state index contributed by atoms with van der Waals surface area (Å²) in [7, 11) is 3.06. The van der Waals surface area contributed by atoms with E-state index in [4.69, 9.17) is 9.47 Å². The van der Waals surface area contributed by atoms with Gasteiger partial charge < -0.3 is 20.1 Å². The number of benzene rings is 2. The van der Waals surface area contributed by atoms with Crippen LogP contribution in [0.2, 0.25) is 0 Å². The Balaban J connectivity index is 2.18. The summed E-state index contributed by atoms with van der Waals surface area (Å²) in [5.41, 5.74) is 1.47. The SMILES string of the molecule is COCCNC(=O)Nc1cc(C(=O)c2ccccc2)ccc1OC. The van der Waals surface area contributed by atoms with Crippen LogP contribution < -0.4 is 15.4 Å². The molecule has 0 saturated heterocycles. The zero-order chi connectivity index (χ0) is 17.4. The van der Waals surface area contributed by atoms with Crippen LogP contribution in [0.3, 0.4) is 0 Å². The van der Waals surface area contributed by atoms with Gasteiger partial charge in [-0.1, -0.05) is 30.3 Å². The van der Waals surface area contributed by atoms with Crippen molar-refractivity contribution < 1.29 is 19.1 Å². The molecule has 0 aliphatic rings. The Bertz CT molecular complexity index is 701. The molecular formula is C18H20N2O4. The molecule has 0 unspecified atom stereocenters. The van der Waals surface area contributed by atoms with Gasteiger partial charge in [-0.15, -0.1) is 0 Å². The molecule has 2 amide bonds. The first-order chi connectivity index (χ1) is 11.7. The highest BCUT2D eigenvalue weighted by Gasteiger charge is 2.13. The largest absolute Gasteiger partial charge is 0.495 e. The molecule has 0 heterocycles. The molecular weight excluding hydrogens is 308 g/mol. The average Bonchev–Trinajstić information content (AvgIpc) is 2.62. The number of anilines is 1. The summed E-state index contributed by atoms with van der Waals surface area (Å²) in [5, 5.41) is 5.33. The summed E-state index contributed by atoms with van der Waals surface area (Å²) < 4.78 is 10.1. The molecule has 0 fully saturated rings. The lowest BCUT2D eigenvalue weighted by Crippen LogP contribution is -2.31. The molecule has 6 nitrogen and oxygen atoms in total. The summed E-state index contributed by atoms with van der Waals surface area (Å²) >= 11 is 0. The molecule has 6 heteroatoms. The van der Waals surface area contributed by atoms with E-state index in [1.165, 1.54) is 7.11 Å². The van der Waals surface area contributed by atoms with Gasteiger partial charge in [-0.05, 0) is 18.2 Å². The number of rotatable bonds is 7. The van der Waals surface area contributed by atoms with Crippen molar-refractivity contribution in [3.63, 3.8) is 0 Å². The van der Waals surface area contributed by atoms with E-state index in [2.05, 4.69) is 10.6 Å². The Morgan fingerprint density at radius 1 is 1.00 bits per heavy atom. The van der Waals surface area contributed by atoms with Gasteiger partial charge >= 0.3 is 6.03 Å². The molecule has 126 valence electrons. The van der Waals surface area contributed by atoms with Crippen molar-refractivity contribution >= 4 is 17.5 Å². The standard InChI is InChI=1S/C18H20N2O4/c1-23-11-10-19-18(22)20-15-12-14(8-9-16(15)24-2)17(21)13-6-4-3-5-7-13/h3-9,12H,10-11H2,1-2H3,(H2,19,20,22). The van der Waals surface area contributed by atoms with E-state index in [0.29, 0.717) is 35.7 Å². The van der Waals surface area contributed by atoms with Gasteiger partial charge in [0.15, 0.2) is 5.78 Å². The van der Waals surface area contributed by atoms with Crippen molar-refractivity contribution in [1.29, 1.82) is 0 Å². The summed E-state index contributed by atoms with van der Waals surface area (Å²) in [6, 6.07) is 13.5. The van der Waals surface area contributed by atoms with Gasteiger partial charge in [0.2, 0.25) is 0 Å². The molecule has 2 aromatic rings. The Morgan fingerprint density at radius 3 is 2.42 bits per heavy atom. The van der Waals surface area contributed by atoms with Crippen LogP contribution in [0.15, 0.2) is 48.5 Å². The second-order valence-corrected chi connectivity index (χ2v) is 4.98. The number of hydrogen-bond donors (Lipinski definition) is 2. The molecule has 24 heavy (non-hydrogen) atoms. The van der Waals surface area contributed by atoms with E-state index in [0.717, 1.165) is 0 Å². The lowest BCUT2D eigenvalue weighted by molar-refractivity contribution is 0.103. The van der Waals surface area contributed by atoms with Crippen LogP contribution in [0.4, 0.5) is 10.5 Å². The predicted molar refractivity (Wildman–Crippen MR) is 91.8 cm³/mol. The zero-order valence-electron chi connectivity index (χ0n) is 13.7. The van der Waals surface area contributed by atoms with Crippen LogP contribution in [-0.4, -0.2) is 39.2 Å². The second kappa shape index (κ2) is 8.69. The third kappa shape index (κ3) is 4.57. The van der Waals surface area contributed by atoms with E-state index in [-0.39, 0.29) is 5.78 Å². The summed E-state index contributed by atoms with van der Waals surface area (Å²) in [4.78, 5) is 24.4. The van der Waals surface area contributed by atoms with Crippen molar-refractivity contribution in [2.24, 2.45) is 0 Å². The molecule has 2 rings (SSSR count). The van der Waals surface area contributed by atoms with Crippen LogP contribution in [0.1, 0.15) is 15.9 Å². The van der Waals surface area contributed by atoms with Gasteiger partial charge in [0.25, 0.3) is 0 Å². The van der Waals surface area contributed by atoms with Crippen molar-refractivity contribution in [1.82, 2.24) is 5.32 Å². The molecule has 0 atom stereocenters. The zero-order valence-corrected chi connectivity index (χ0v) is 13.7. The number of methoxy groups -OCH3 is 2. The van der Waals surface area contributed by atoms with E-state index >= 15 is 0 Å². The van der Waals surface area contributed by atoms with Crippen molar-refractivity contribution in [3.8, 4) is 5.75 Å². The van der Waals surface area contributed by atoms with Gasteiger partial charge in [0, 0.05) is 24.8 Å². The minimum absolute atomic E-state index is 0.124. The summed E-state index contributed by atoms with van der Waals surface area (Å²) in [5.74, 6) is 0.350. The summed E-state index contributed by atoms with van der Waals surface area (Å²) in [6.07, 6.45) is 0. The van der Waals surface area contributed by atoms with Gasteiger partial charge in [-0.25, -0.2) is 4.79 Å². The molecule has 0 saturated carbocycles. The number of nitrogens with one attached hydrogen (secondary N) is 2. The number of ether oxygens (including phenoxy) is 2. The maximum Gasteiger partial charge on any atom is 0.319 e. The van der Waals surface area contributed by atoms with Crippen molar-refractivity contribution in [2.45, 2.75) is 0 Å². The highest BCUT2D eigenvalue weighted by atomic mass is 16.5. The van der Waals surface area contributed by atoms with Crippen LogP contribution in [0, 0.1) is 0 Å². The van der Waals surface area contributed by atoms with Crippen LogP contribution in [0.25, 0.3) is 0 Å². The second-order valence-electron chi connectivity index (χ2n) is 4.98. The number of amides is 2. The monoisotopic (exact) mass is 328 g/mol. The molecule has 2 aromatic carbocycles. The average molecular weight is 328 g/mol. The van der Waals surface area contributed by atoms with Crippen LogP contribution in [-0.2, 0) is 4.74 Å². The highest BCUT2D eigenvalue weighted by molar-refractivity contribution is 6.10. The van der Waals surface area contributed by atoms with Gasteiger partial charge in [0.05, 0.1) is 19.4 Å². The number of carbonyl (C=O) groups excluding carboxylic acids is 2. The first-order valence-corrected chi connectivity index (χ1v) is 7.47. The first-order valence-electron chi connectivity index (χ1n) is 7.47. The van der Waals surface area contributed by atoms with E-state index in [9.17, 15) is 9.59 Å². The molecule has 0 aliphatic heterocycles. The quantitative estimate of drug-likeness (QED) is 0.605. The number of hydrogen-bond acceptors (Lipinski definition) is 4. The van der Waals surface area contributed by atoms with Crippen molar-refractivity contribution in [2.75, 3.05) is 32.7 Å². The van der Waals surface area contributed by atoms with Gasteiger partial charge in [-0.3, -0.25) is 4.79 Å². The van der Waals surface area contributed by atoms with Crippen molar-refractivity contribution in [3.05, 3.63) is 59.7 Å². The molecule has 0 radical (unpaired) electrons. The third-order valence-corrected chi connectivity index (χ3v) is 3.34. The normalized spacial score (nSPS) is 10.1. The number of carbonyl (C=O) groups is 2. The van der Waals surface area contributed by atoms with Crippen LogP contribution >= 0.6 is 0 Å². The molecule has 0 aliphatic carbocycles. The van der Waals surface area contributed by atoms with Gasteiger partial charge in [0.1, 0.15) is 5.75 Å². The highest BCUT2D eigenvalue weighted by Crippen LogP contribution is 2.26. The minimum atomic E-state index is -0.394. The van der Waals surface area contributed by atoms with E-state index < -0.39 is 6.03 Å². The Morgan fingerprint density at radius 2 is 1.75 bits per heavy atom. The molecule has 0 spiro atoms. The topological polar surface area (TPSA) is 76.7 Å². The first kappa shape index (κ1) is 17.5. The van der Waals surface area contributed by atoms with Gasteiger partial charge in [-0.2, -0.15) is 0 Å². The fraction of sp³-hybridized carbons (Fsp3) is 0.222. The molecule has 0 aromatic heterocycles. The minimum Gasteiger partial charge on any atom is -0.495 e. The Kier molecular flexibility index (Phi) is 6.33. The Labute approximate surface area is 140 Å². The Hall–Kier alpha value is -2.86. The summed E-state index contributed by atoms with van der Waals surface area (Å²) in [6.45, 7) is 0.796. The fourth-order valence-electron chi connectivity index (χ4n) is 2.14. The maximum absolute atomic E-state index is 12.5. The lowest BCUT2D eigenvalue weighted by atomic mass is 10.0. The smallest absolute Gasteiger partial charge is 0.319 e. The number of ketones is 1. The number of urea groups is 1. The molecule has 2 N–H and O–H groups in total. The fourth-order valence-corrected chi connectivity index (χ4v) is 2.14. The van der Waals surface area contributed by atoms with E-state index in [1.54, 1.807) is 49.6 Å². The maximum atomic E-state index is 12.5. The van der Waals surface area contributed by atoms with Crippen LogP contribution in [0.5, 0.6) is 5.75 Å². The predicted octanol–water partition coefficient (Wildman–Crippen LogP) is 2.69.